The minimum absolute atomic E-state index is 0.0253. The van der Waals surface area contributed by atoms with E-state index >= 15 is 0 Å². The third-order valence-corrected chi connectivity index (χ3v) is 15.7. The Morgan fingerprint density at radius 1 is 0.385 bits per heavy atom. The molecule has 0 saturated carbocycles. The third-order valence-electron chi connectivity index (χ3n) is 15.7. The van der Waals surface area contributed by atoms with E-state index in [1.54, 1.807) is 53.2 Å². The van der Waals surface area contributed by atoms with E-state index in [-0.39, 0.29) is 114 Å². The van der Waals surface area contributed by atoms with Crippen molar-refractivity contribution in [2.24, 2.45) is 59.2 Å². The van der Waals surface area contributed by atoms with Gasteiger partial charge in [-0.1, -0.05) is 180 Å². The lowest BCUT2D eigenvalue weighted by Crippen LogP contribution is -2.38. The molecule has 8 N–H and O–H groups in total. The van der Waals surface area contributed by atoms with E-state index in [1.807, 2.05) is 31.2 Å². The summed E-state index contributed by atoms with van der Waals surface area (Å²) >= 11 is 0. The molecule has 552 valence electrons. The number of aliphatic hydroxyl groups excluding tert-OH is 4. The molecule has 20 nitrogen and oxygen atoms in total. The molecule has 0 aromatic heterocycles. The van der Waals surface area contributed by atoms with Gasteiger partial charge in [0.2, 0.25) is 23.6 Å². The highest BCUT2D eigenvalue weighted by molar-refractivity contribution is 5.86. The maximum Gasteiger partial charge on any atom is 0.311 e. The number of nitrogens with zero attached hydrogens (tertiary/aromatic N) is 4. The maximum atomic E-state index is 12.5. The van der Waals surface area contributed by atoms with Crippen LogP contribution in [0.4, 0.5) is 0 Å². The number of carbonyl (C=O) groups is 8. The van der Waals surface area contributed by atoms with Crippen molar-refractivity contribution in [3.8, 4) is 0 Å². The summed E-state index contributed by atoms with van der Waals surface area (Å²) in [4.78, 5) is 101. The number of hydrogen-bond donors (Lipinski definition) is 8. The Labute approximate surface area is 578 Å². The number of carboxylic acids is 4. The van der Waals surface area contributed by atoms with Gasteiger partial charge in [-0.3, -0.25) is 38.4 Å². The molecular formula is C76H132N4O16. The monoisotopic (exact) mass is 1360 g/mol. The Bertz CT molecular complexity index is 2300. The highest BCUT2D eigenvalue weighted by Crippen LogP contribution is 2.27. The SMILES string of the molecule is C/C(=C\C(C)CC(C)CC(C)C)C(CC(=O)N(CCO)CCO)C(=O)O.C=CCN(CC=C)C(=O)CC(/C=C/CCCCCC)C(=O)O.C=CCN(CC=C)C(=O)CC(C(=O)O)/C(C)=C/C(C)CC(C)CC(C)C.CCCCCC/C=C/C(CC(=O)N(CCO)CCO)C(=O)O. The molecule has 0 heterocycles. The van der Waals surface area contributed by atoms with Crippen LogP contribution in [0, 0.1) is 59.2 Å². The van der Waals surface area contributed by atoms with Crippen LogP contribution in [0.3, 0.4) is 0 Å². The normalized spacial score (nSPS) is 14.0. The van der Waals surface area contributed by atoms with Crippen molar-refractivity contribution in [2.75, 3.05) is 78.8 Å². The highest BCUT2D eigenvalue weighted by atomic mass is 16.4. The summed E-state index contributed by atoms with van der Waals surface area (Å²) in [6.45, 7) is 40.9. The predicted molar refractivity (Wildman–Crippen MR) is 387 cm³/mol. The molecule has 0 saturated heterocycles. The van der Waals surface area contributed by atoms with Crippen LogP contribution >= 0.6 is 0 Å². The molecule has 0 fully saturated rings. The molecule has 0 rings (SSSR count). The number of aliphatic hydroxyl groups is 4. The minimum Gasteiger partial charge on any atom is -0.481 e. The van der Waals surface area contributed by atoms with E-state index in [1.165, 1.54) is 29.1 Å². The standard InChI is InChI=1S/C22H37NO3.C20H37NO5.C18H29NO3.C16H29NO5/c1-8-10-23(11-9-2)21(24)15-20(22(25)26)19(7)14-18(6)13-17(5)12-16(3)4;1-14(2)10-15(3)11-16(4)12-17(5)18(20(25)26)13-19(24)21(6-8-22)7-9-23;1-4-7-8-9-10-11-12-16(18(21)22)15-17(20)19(13-5-2)14-6-3;1-2-3-4-5-6-7-8-14(16(21)22)13-15(20)17(9-11-18)10-12-19/h8-9,14,16-18,20H,1-2,10-13,15H2,3-7H3,(H,25,26);12,14-16,18,22-23H,6-11,13H2,1-5H3,(H,25,26);5-6,11-12,16H,2-4,7-10,13-15H2,1H3,(H,21,22);7-8,14,18-19H,2-6,9-13H2,1H3,(H,21,22)/b19-14+;17-12+;12-11+;8-7+. The van der Waals surface area contributed by atoms with Gasteiger partial charge in [0.15, 0.2) is 0 Å². The summed E-state index contributed by atoms with van der Waals surface area (Å²) < 4.78 is 0. The van der Waals surface area contributed by atoms with Crippen LogP contribution in [0.25, 0.3) is 0 Å². The molecule has 0 aliphatic heterocycles. The summed E-state index contributed by atoms with van der Waals surface area (Å²) in [5.74, 6) is -5.42. The molecule has 0 spiro atoms. The fourth-order valence-corrected chi connectivity index (χ4v) is 11.2. The first-order valence-corrected chi connectivity index (χ1v) is 35.0. The average molecular weight is 1360 g/mol. The van der Waals surface area contributed by atoms with E-state index in [0.717, 1.165) is 76.2 Å². The summed E-state index contributed by atoms with van der Waals surface area (Å²) in [6, 6.07) is 0. The minimum atomic E-state index is -1.04. The molecule has 0 bridgehead atoms. The van der Waals surface area contributed by atoms with E-state index in [2.05, 4.69) is 95.6 Å². The Morgan fingerprint density at radius 3 is 0.917 bits per heavy atom. The van der Waals surface area contributed by atoms with Gasteiger partial charge in [0.1, 0.15) is 0 Å². The Balaban J connectivity index is -0.000000590. The number of carbonyl (C=O) groups excluding carboxylic acids is 4. The molecule has 0 aromatic rings. The second-order valence-corrected chi connectivity index (χ2v) is 26.2. The maximum absolute atomic E-state index is 12.5. The van der Waals surface area contributed by atoms with Crippen LogP contribution in [-0.2, 0) is 38.4 Å². The van der Waals surface area contributed by atoms with E-state index in [0.29, 0.717) is 55.4 Å². The van der Waals surface area contributed by atoms with Crippen molar-refractivity contribution in [1.29, 1.82) is 0 Å². The molecule has 0 aliphatic carbocycles. The number of hydrogen-bond acceptors (Lipinski definition) is 12. The number of unbranched alkanes of at least 4 members (excludes halogenated alkanes) is 8. The fourth-order valence-electron chi connectivity index (χ4n) is 11.2. The summed E-state index contributed by atoms with van der Waals surface area (Å²) in [5.41, 5.74) is 1.44. The number of allylic oxidation sites excluding steroid dienone is 4. The van der Waals surface area contributed by atoms with Crippen molar-refractivity contribution in [3.05, 3.63) is 98.2 Å². The summed E-state index contributed by atoms with van der Waals surface area (Å²) in [7, 11) is 0. The van der Waals surface area contributed by atoms with Crippen LogP contribution in [0.5, 0.6) is 0 Å². The van der Waals surface area contributed by atoms with Gasteiger partial charge in [-0.25, -0.2) is 0 Å². The van der Waals surface area contributed by atoms with Crippen LogP contribution < -0.4 is 0 Å². The topological polar surface area (TPSA) is 311 Å². The van der Waals surface area contributed by atoms with Crippen LogP contribution in [-0.4, -0.2) is 187 Å². The molecule has 96 heavy (non-hydrogen) atoms. The van der Waals surface area contributed by atoms with Crippen molar-refractivity contribution in [2.45, 2.75) is 199 Å². The van der Waals surface area contributed by atoms with Gasteiger partial charge in [-0.05, 0) is 101 Å². The number of carboxylic acid groups (broad SMARTS) is 4. The lowest BCUT2D eigenvalue weighted by atomic mass is 9.87. The lowest BCUT2D eigenvalue weighted by molar-refractivity contribution is -0.145. The average Bonchev–Trinajstić information content (AvgIpc) is 1.10. The van der Waals surface area contributed by atoms with E-state index in [4.69, 9.17) is 20.4 Å². The zero-order chi connectivity index (χ0) is 74.1. The molecule has 8 unspecified atom stereocenters. The van der Waals surface area contributed by atoms with Crippen LogP contribution in [0.2, 0.25) is 0 Å². The molecule has 4 amide bonds. The molecule has 8 atom stereocenters. The largest absolute Gasteiger partial charge is 0.481 e. The van der Waals surface area contributed by atoms with E-state index < -0.39 is 47.5 Å². The van der Waals surface area contributed by atoms with Crippen molar-refractivity contribution in [1.82, 2.24) is 19.6 Å². The van der Waals surface area contributed by atoms with E-state index in [9.17, 15) is 58.8 Å². The first-order chi connectivity index (χ1) is 45.4. The smallest absolute Gasteiger partial charge is 0.311 e. The van der Waals surface area contributed by atoms with Crippen molar-refractivity contribution < 1.29 is 79.2 Å². The third kappa shape index (κ3) is 50.8. The van der Waals surface area contributed by atoms with Gasteiger partial charge in [0.25, 0.3) is 0 Å². The van der Waals surface area contributed by atoms with Crippen LogP contribution in [0.1, 0.15) is 199 Å². The zero-order valence-corrected chi connectivity index (χ0v) is 61.2. The van der Waals surface area contributed by atoms with Crippen molar-refractivity contribution >= 4 is 47.5 Å². The Hall–Kier alpha value is -6.48. The van der Waals surface area contributed by atoms with Gasteiger partial charge < -0.3 is 60.5 Å². The van der Waals surface area contributed by atoms with Gasteiger partial charge >= 0.3 is 23.9 Å². The van der Waals surface area contributed by atoms with Gasteiger partial charge in [0, 0.05) is 78.0 Å². The predicted octanol–water partition coefficient (Wildman–Crippen LogP) is 12.7. The fraction of sp³-hybridized carbons (Fsp3) is 0.684. The van der Waals surface area contributed by atoms with Crippen molar-refractivity contribution in [3.63, 3.8) is 0 Å². The number of amides is 4. The van der Waals surface area contributed by atoms with Gasteiger partial charge in [-0.15, -0.1) is 26.3 Å². The first-order valence-electron chi connectivity index (χ1n) is 35.0. The van der Waals surface area contributed by atoms with Gasteiger partial charge in [-0.2, -0.15) is 0 Å². The highest BCUT2D eigenvalue weighted by Gasteiger charge is 2.29. The lowest BCUT2D eigenvalue weighted by Gasteiger charge is -2.23. The number of aliphatic carboxylic acids is 4. The second kappa shape index (κ2) is 60.9. The molecule has 0 aromatic carbocycles. The molecule has 0 radical (unpaired) electrons. The molecule has 0 aliphatic rings. The molecular weight excluding hydrogens is 1220 g/mol. The summed E-state index contributed by atoms with van der Waals surface area (Å²) in [6.07, 6.45) is 32.1. The Kier molecular flexibility index (Phi) is 60.8. The molecule has 20 heteroatoms. The summed E-state index contributed by atoms with van der Waals surface area (Å²) in [5, 5.41) is 73.4. The second-order valence-electron chi connectivity index (χ2n) is 26.2. The Morgan fingerprint density at radius 2 is 0.667 bits per heavy atom. The van der Waals surface area contributed by atoms with Gasteiger partial charge in [0.05, 0.1) is 50.1 Å². The quantitative estimate of drug-likeness (QED) is 0.0207. The zero-order valence-electron chi connectivity index (χ0n) is 61.2. The first kappa shape index (κ1) is 95.9. The van der Waals surface area contributed by atoms with Crippen LogP contribution in [0.15, 0.2) is 98.2 Å². The number of rotatable bonds is 52.